The molecule has 2 aromatic carbocycles. The Morgan fingerprint density at radius 3 is 2.71 bits per heavy atom. The fourth-order valence-electron chi connectivity index (χ4n) is 2.18. The highest BCUT2D eigenvalue weighted by Gasteiger charge is 2.28. The van der Waals surface area contributed by atoms with E-state index < -0.39 is 5.79 Å². The standard InChI is InChI=1S/C17H17BrO3/c1-17(2)20-11-13-8-14(18)16(9-15(13)21-17)19-10-12-6-4-3-5-7-12/h3-9H,10-11H2,1-2H3. The predicted molar refractivity (Wildman–Crippen MR) is 84.4 cm³/mol. The Kier molecular flexibility index (Phi) is 3.91. The fourth-order valence-corrected chi connectivity index (χ4v) is 2.68. The van der Waals surface area contributed by atoms with Gasteiger partial charge in [-0.2, -0.15) is 0 Å². The molecule has 3 nitrogen and oxygen atoms in total. The van der Waals surface area contributed by atoms with Gasteiger partial charge in [-0.3, -0.25) is 0 Å². The Balaban J connectivity index is 1.80. The van der Waals surface area contributed by atoms with Crippen LogP contribution >= 0.6 is 15.9 Å². The Morgan fingerprint density at radius 2 is 1.95 bits per heavy atom. The summed E-state index contributed by atoms with van der Waals surface area (Å²) in [6, 6.07) is 14.0. The van der Waals surface area contributed by atoms with Crippen LogP contribution in [-0.4, -0.2) is 5.79 Å². The van der Waals surface area contributed by atoms with E-state index in [2.05, 4.69) is 15.9 Å². The topological polar surface area (TPSA) is 27.7 Å². The highest BCUT2D eigenvalue weighted by Crippen LogP contribution is 2.38. The third-order valence-corrected chi connectivity index (χ3v) is 3.90. The van der Waals surface area contributed by atoms with Gasteiger partial charge in [-0.1, -0.05) is 30.3 Å². The average Bonchev–Trinajstić information content (AvgIpc) is 2.46. The first-order valence-electron chi connectivity index (χ1n) is 6.86. The van der Waals surface area contributed by atoms with Crippen LogP contribution in [0.15, 0.2) is 46.9 Å². The molecule has 3 rings (SSSR count). The zero-order valence-corrected chi connectivity index (χ0v) is 13.6. The summed E-state index contributed by atoms with van der Waals surface area (Å²) in [4.78, 5) is 0. The smallest absolute Gasteiger partial charge is 0.205 e. The van der Waals surface area contributed by atoms with Crippen molar-refractivity contribution in [2.75, 3.05) is 0 Å². The van der Waals surface area contributed by atoms with Crippen molar-refractivity contribution in [3.63, 3.8) is 0 Å². The van der Waals surface area contributed by atoms with Gasteiger partial charge in [0.05, 0.1) is 11.1 Å². The number of rotatable bonds is 3. The van der Waals surface area contributed by atoms with E-state index in [1.165, 1.54) is 0 Å². The van der Waals surface area contributed by atoms with E-state index in [4.69, 9.17) is 14.2 Å². The summed E-state index contributed by atoms with van der Waals surface area (Å²) in [5.74, 6) is 0.991. The molecule has 0 unspecified atom stereocenters. The van der Waals surface area contributed by atoms with Crippen LogP contribution in [0.5, 0.6) is 11.5 Å². The average molecular weight is 349 g/mol. The number of hydrogen-bond donors (Lipinski definition) is 0. The van der Waals surface area contributed by atoms with Crippen molar-refractivity contribution in [1.82, 2.24) is 0 Å². The van der Waals surface area contributed by atoms with Crippen molar-refractivity contribution >= 4 is 15.9 Å². The van der Waals surface area contributed by atoms with Crippen molar-refractivity contribution in [1.29, 1.82) is 0 Å². The van der Waals surface area contributed by atoms with Gasteiger partial charge in [-0.15, -0.1) is 0 Å². The molecule has 2 aromatic rings. The molecule has 1 aliphatic rings. The Bertz CT molecular complexity index is 638. The van der Waals surface area contributed by atoms with Crippen molar-refractivity contribution in [3.8, 4) is 11.5 Å². The lowest BCUT2D eigenvalue weighted by atomic mass is 10.1. The zero-order chi connectivity index (χ0) is 14.9. The van der Waals surface area contributed by atoms with E-state index in [0.29, 0.717) is 13.2 Å². The molecule has 0 saturated heterocycles. The monoisotopic (exact) mass is 348 g/mol. The van der Waals surface area contributed by atoms with Crippen molar-refractivity contribution in [3.05, 3.63) is 58.1 Å². The van der Waals surface area contributed by atoms with E-state index in [-0.39, 0.29) is 0 Å². The summed E-state index contributed by atoms with van der Waals surface area (Å²) in [6.45, 7) is 4.88. The first kappa shape index (κ1) is 14.4. The van der Waals surface area contributed by atoms with Crippen molar-refractivity contribution < 1.29 is 14.2 Å². The second-order valence-electron chi connectivity index (χ2n) is 5.46. The number of fused-ring (bicyclic) bond motifs is 1. The zero-order valence-electron chi connectivity index (χ0n) is 12.1. The second-order valence-corrected chi connectivity index (χ2v) is 6.31. The molecule has 0 fully saturated rings. The molecular weight excluding hydrogens is 332 g/mol. The van der Waals surface area contributed by atoms with Crippen LogP contribution in [-0.2, 0) is 18.0 Å². The molecule has 1 aliphatic heterocycles. The third kappa shape index (κ3) is 3.39. The maximum atomic E-state index is 5.89. The van der Waals surface area contributed by atoms with E-state index in [9.17, 15) is 0 Å². The molecule has 4 heteroatoms. The van der Waals surface area contributed by atoms with Crippen LogP contribution in [0.2, 0.25) is 0 Å². The normalized spacial score (nSPS) is 16.0. The summed E-state index contributed by atoms with van der Waals surface area (Å²) in [6.07, 6.45) is 0. The van der Waals surface area contributed by atoms with E-state index >= 15 is 0 Å². The number of halogens is 1. The number of benzene rings is 2. The van der Waals surface area contributed by atoms with Gasteiger partial charge in [0, 0.05) is 25.5 Å². The Labute approximate surface area is 133 Å². The predicted octanol–water partition coefficient (Wildman–Crippen LogP) is 4.67. The van der Waals surface area contributed by atoms with Crippen LogP contribution in [0, 0.1) is 0 Å². The third-order valence-electron chi connectivity index (χ3n) is 3.28. The highest BCUT2D eigenvalue weighted by molar-refractivity contribution is 9.10. The molecule has 0 aliphatic carbocycles. The minimum absolute atomic E-state index is 0.526. The lowest BCUT2D eigenvalue weighted by molar-refractivity contribution is -0.180. The summed E-state index contributed by atoms with van der Waals surface area (Å²) in [5.41, 5.74) is 2.15. The van der Waals surface area contributed by atoms with E-state index in [1.807, 2.05) is 56.3 Å². The van der Waals surface area contributed by atoms with Gasteiger partial charge in [0.15, 0.2) is 0 Å². The van der Waals surface area contributed by atoms with Gasteiger partial charge < -0.3 is 14.2 Å². The molecule has 0 N–H and O–H groups in total. The minimum atomic E-state index is -0.600. The highest BCUT2D eigenvalue weighted by atomic mass is 79.9. The van der Waals surface area contributed by atoms with Gasteiger partial charge in [0.1, 0.15) is 18.1 Å². The molecule has 0 aromatic heterocycles. The summed E-state index contributed by atoms with van der Waals surface area (Å²) >= 11 is 3.54. The fraction of sp³-hybridized carbons (Fsp3) is 0.294. The summed E-state index contributed by atoms with van der Waals surface area (Å²) in [7, 11) is 0. The second kappa shape index (κ2) is 5.70. The van der Waals surface area contributed by atoms with Crippen LogP contribution in [0.25, 0.3) is 0 Å². The molecule has 0 saturated carbocycles. The largest absolute Gasteiger partial charge is 0.488 e. The SMILES string of the molecule is CC1(C)OCc2cc(Br)c(OCc3ccccc3)cc2O1. The van der Waals surface area contributed by atoms with Crippen molar-refractivity contribution in [2.45, 2.75) is 32.8 Å². The van der Waals surface area contributed by atoms with E-state index in [0.717, 1.165) is 27.1 Å². The summed E-state index contributed by atoms with van der Waals surface area (Å²) in [5, 5.41) is 0. The van der Waals surface area contributed by atoms with Gasteiger partial charge in [0.25, 0.3) is 0 Å². The number of ether oxygens (including phenoxy) is 3. The van der Waals surface area contributed by atoms with Gasteiger partial charge in [0.2, 0.25) is 5.79 Å². The quantitative estimate of drug-likeness (QED) is 0.806. The van der Waals surface area contributed by atoms with Crippen LogP contribution in [0.3, 0.4) is 0 Å². The van der Waals surface area contributed by atoms with Crippen LogP contribution in [0.1, 0.15) is 25.0 Å². The Hall–Kier alpha value is -1.52. The van der Waals surface area contributed by atoms with Gasteiger partial charge in [-0.25, -0.2) is 0 Å². The van der Waals surface area contributed by atoms with E-state index in [1.54, 1.807) is 0 Å². The van der Waals surface area contributed by atoms with Crippen LogP contribution in [0.4, 0.5) is 0 Å². The van der Waals surface area contributed by atoms with Crippen molar-refractivity contribution in [2.24, 2.45) is 0 Å². The molecule has 0 atom stereocenters. The Morgan fingerprint density at radius 1 is 1.19 bits per heavy atom. The molecule has 21 heavy (non-hydrogen) atoms. The maximum Gasteiger partial charge on any atom is 0.205 e. The molecule has 1 heterocycles. The number of hydrogen-bond acceptors (Lipinski definition) is 3. The molecular formula is C17H17BrO3. The lowest BCUT2D eigenvalue weighted by Gasteiger charge is -2.32. The first-order chi connectivity index (χ1) is 10.0. The van der Waals surface area contributed by atoms with Gasteiger partial charge in [-0.05, 0) is 27.6 Å². The van der Waals surface area contributed by atoms with Crippen LogP contribution < -0.4 is 9.47 Å². The first-order valence-corrected chi connectivity index (χ1v) is 7.65. The molecule has 0 amide bonds. The lowest BCUT2D eigenvalue weighted by Crippen LogP contribution is -2.35. The minimum Gasteiger partial charge on any atom is -0.488 e. The molecule has 0 spiro atoms. The van der Waals surface area contributed by atoms with Gasteiger partial charge >= 0.3 is 0 Å². The molecule has 0 bridgehead atoms. The summed E-state index contributed by atoms with van der Waals surface area (Å²) < 4.78 is 18.3. The molecule has 0 radical (unpaired) electrons. The molecule has 110 valence electrons. The maximum absolute atomic E-state index is 5.89.